The summed E-state index contributed by atoms with van der Waals surface area (Å²) in [5.41, 5.74) is 1.80. The molecule has 1 amide bonds. The third-order valence-corrected chi connectivity index (χ3v) is 7.23. The molecule has 2 N–H and O–H groups in total. The van der Waals surface area contributed by atoms with Gasteiger partial charge in [-0.15, -0.1) is 0 Å². The highest BCUT2D eigenvalue weighted by Crippen LogP contribution is 2.27. The van der Waals surface area contributed by atoms with Crippen LogP contribution in [0.2, 0.25) is 5.02 Å². The summed E-state index contributed by atoms with van der Waals surface area (Å²) in [5.74, 6) is -0.250. The summed E-state index contributed by atoms with van der Waals surface area (Å²) < 4.78 is 0. The lowest BCUT2D eigenvalue weighted by Gasteiger charge is -2.25. The van der Waals surface area contributed by atoms with Crippen LogP contribution in [0.25, 0.3) is 10.9 Å². The van der Waals surface area contributed by atoms with E-state index >= 15 is 0 Å². The van der Waals surface area contributed by atoms with E-state index in [1.807, 2.05) is 30.3 Å². The molecule has 168 valence electrons. The van der Waals surface area contributed by atoms with E-state index in [-0.39, 0.29) is 11.3 Å². The Morgan fingerprint density at radius 3 is 2.70 bits per heavy atom. The Labute approximate surface area is 200 Å². The van der Waals surface area contributed by atoms with Gasteiger partial charge in [-0.2, -0.15) is 0 Å². The van der Waals surface area contributed by atoms with Crippen LogP contribution in [-0.4, -0.2) is 29.0 Å². The van der Waals surface area contributed by atoms with Crippen LogP contribution in [0.1, 0.15) is 46.1 Å². The number of aromatic amines is 1. The molecule has 1 atom stereocenters. The summed E-state index contributed by atoms with van der Waals surface area (Å²) >= 11 is 7.47. The Bertz CT molecular complexity index is 1350. The Morgan fingerprint density at radius 2 is 1.91 bits per heavy atom. The van der Waals surface area contributed by atoms with Crippen molar-refractivity contribution in [2.45, 2.75) is 25.3 Å². The standard InChI is InChI=1S/C25H23ClN4O2S/c26-17-9-10-18-20(13-17)27-14-19(23(18)31)22(16-7-3-1-4-8-16)29-24(32)21-15-28-25(33-21)30-11-5-2-6-12-30/h1,3-4,7-10,13-15,22H,2,5-6,11-12H2,(H,27,31)(H,29,32). The second-order valence-corrected chi connectivity index (χ2v) is 9.58. The highest BCUT2D eigenvalue weighted by molar-refractivity contribution is 7.17. The second-order valence-electron chi connectivity index (χ2n) is 8.13. The molecule has 1 aliphatic rings. The van der Waals surface area contributed by atoms with Crippen LogP contribution in [0.3, 0.4) is 0 Å². The second kappa shape index (κ2) is 9.37. The predicted octanol–water partition coefficient (Wildman–Crippen LogP) is 5.15. The number of amides is 1. The first-order valence-electron chi connectivity index (χ1n) is 11.0. The van der Waals surface area contributed by atoms with Crippen molar-refractivity contribution < 1.29 is 4.79 Å². The Morgan fingerprint density at radius 1 is 1.12 bits per heavy atom. The molecule has 8 heteroatoms. The third-order valence-electron chi connectivity index (χ3n) is 5.93. The maximum absolute atomic E-state index is 13.4. The highest BCUT2D eigenvalue weighted by Gasteiger charge is 2.24. The van der Waals surface area contributed by atoms with Crippen LogP contribution in [0, 0.1) is 0 Å². The molecule has 0 spiro atoms. The Balaban J connectivity index is 1.48. The monoisotopic (exact) mass is 478 g/mol. The van der Waals surface area contributed by atoms with Gasteiger partial charge in [0.05, 0.1) is 17.8 Å². The molecule has 0 radical (unpaired) electrons. The lowest BCUT2D eigenvalue weighted by molar-refractivity contribution is 0.0946. The van der Waals surface area contributed by atoms with Gasteiger partial charge in [-0.25, -0.2) is 4.98 Å². The number of pyridine rings is 1. The van der Waals surface area contributed by atoms with Gasteiger partial charge < -0.3 is 15.2 Å². The molecule has 0 aliphatic carbocycles. The number of carbonyl (C=O) groups is 1. The van der Waals surface area contributed by atoms with Crippen LogP contribution in [0.15, 0.2) is 65.7 Å². The van der Waals surface area contributed by atoms with Gasteiger partial charge in [0, 0.05) is 35.3 Å². The van der Waals surface area contributed by atoms with Crippen molar-refractivity contribution in [1.82, 2.24) is 15.3 Å². The molecular weight excluding hydrogens is 456 g/mol. The zero-order valence-electron chi connectivity index (χ0n) is 17.9. The van der Waals surface area contributed by atoms with Crippen LogP contribution < -0.4 is 15.6 Å². The van der Waals surface area contributed by atoms with Crippen molar-refractivity contribution in [3.05, 3.63) is 92.2 Å². The van der Waals surface area contributed by atoms with Gasteiger partial charge in [0.2, 0.25) is 0 Å². The van der Waals surface area contributed by atoms with Gasteiger partial charge in [-0.05, 0) is 43.0 Å². The Kier molecular flexibility index (Phi) is 6.15. The maximum atomic E-state index is 13.4. The highest BCUT2D eigenvalue weighted by atomic mass is 35.5. The summed E-state index contributed by atoms with van der Waals surface area (Å²) in [6.45, 7) is 1.94. The minimum Gasteiger partial charge on any atom is -0.361 e. The minimum atomic E-state index is -0.608. The smallest absolute Gasteiger partial charge is 0.263 e. The topological polar surface area (TPSA) is 78.1 Å². The number of benzene rings is 2. The van der Waals surface area contributed by atoms with Crippen molar-refractivity contribution in [3.8, 4) is 0 Å². The number of halogens is 1. The number of H-pyrrole nitrogens is 1. The lowest BCUT2D eigenvalue weighted by atomic mass is 9.98. The van der Waals surface area contributed by atoms with Crippen molar-refractivity contribution >= 4 is 44.9 Å². The minimum absolute atomic E-state index is 0.145. The van der Waals surface area contributed by atoms with Gasteiger partial charge in [-0.3, -0.25) is 9.59 Å². The molecule has 4 aromatic rings. The fraction of sp³-hybridized carbons (Fsp3) is 0.240. The van der Waals surface area contributed by atoms with Crippen LogP contribution in [-0.2, 0) is 0 Å². The molecule has 1 unspecified atom stereocenters. The van der Waals surface area contributed by atoms with E-state index in [1.165, 1.54) is 17.8 Å². The van der Waals surface area contributed by atoms with E-state index in [2.05, 4.69) is 20.2 Å². The van der Waals surface area contributed by atoms with Gasteiger partial charge in [0.1, 0.15) is 4.88 Å². The zero-order chi connectivity index (χ0) is 22.8. The number of hydrogen-bond donors (Lipinski definition) is 2. The number of carbonyl (C=O) groups excluding carboxylic acids is 1. The molecule has 0 bridgehead atoms. The van der Waals surface area contributed by atoms with E-state index in [1.54, 1.807) is 30.6 Å². The summed E-state index contributed by atoms with van der Waals surface area (Å²) in [6.07, 6.45) is 6.81. The molecule has 5 rings (SSSR count). The van der Waals surface area contributed by atoms with E-state index in [0.717, 1.165) is 36.6 Å². The largest absolute Gasteiger partial charge is 0.361 e. The first-order chi connectivity index (χ1) is 16.1. The van der Waals surface area contributed by atoms with Gasteiger partial charge in [0.25, 0.3) is 5.91 Å². The van der Waals surface area contributed by atoms with Crippen LogP contribution in [0.4, 0.5) is 5.13 Å². The molecule has 6 nitrogen and oxygen atoms in total. The third kappa shape index (κ3) is 4.51. The summed E-state index contributed by atoms with van der Waals surface area (Å²) in [4.78, 5) is 37.0. The van der Waals surface area contributed by atoms with Gasteiger partial charge in [-0.1, -0.05) is 53.3 Å². The molecular formula is C25H23ClN4O2S. The molecule has 2 aromatic carbocycles. The number of thiazole rings is 1. The number of fused-ring (bicyclic) bond motifs is 1. The van der Waals surface area contributed by atoms with E-state index in [4.69, 9.17) is 11.6 Å². The summed E-state index contributed by atoms with van der Waals surface area (Å²) in [5, 5.41) is 5.01. The number of nitrogens with zero attached hydrogens (tertiary/aromatic N) is 2. The number of hydrogen-bond acceptors (Lipinski definition) is 5. The fourth-order valence-corrected chi connectivity index (χ4v) is 5.26. The molecule has 2 aromatic heterocycles. The molecule has 0 saturated carbocycles. The average Bonchev–Trinajstić information content (AvgIpc) is 3.35. The first-order valence-corrected chi connectivity index (χ1v) is 12.2. The molecule has 1 aliphatic heterocycles. The summed E-state index contributed by atoms with van der Waals surface area (Å²) in [7, 11) is 0. The van der Waals surface area contributed by atoms with E-state index < -0.39 is 6.04 Å². The number of anilines is 1. The first kappa shape index (κ1) is 21.7. The van der Waals surface area contributed by atoms with E-state index in [0.29, 0.717) is 26.4 Å². The Hall–Kier alpha value is -3.16. The molecule has 1 fully saturated rings. The van der Waals surface area contributed by atoms with Crippen LogP contribution >= 0.6 is 22.9 Å². The van der Waals surface area contributed by atoms with Crippen molar-refractivity contribution in [2.24, 2.45) is 0 Å². The predicted molar refractivity (Wildman–Crippen MR) is 134 cm³/mol. The average molecular weight is 479 g/mol. The quantitative estimate of drug-likeness (QED) is 0.416. The molecule has 1 saturated heterocycles. The van der Waals surface area contributed by atoms with Crippen LogP contribution in [0.5, 0.6) is 0 Å². The van der Waals surface area contributed by atoms with Gasteiger partial charge >= 0.3 is 0 Å². The van der Waals surface area contributed by atoms with Crippen molar-refractivity contribution in [1.29, 1.82) is 0 Å². The number of piperidine rings is 1. The number of aromatic nitrogens is 2. The van der Waals surface area contributed by atoms with E-state index in [9.17, 15) is 9.59 Å². The normalized spacial score (nSPS) is 14.9. The number of nitrogens with one attached hydrogen (secondary N) is 2. The SMILES string of the molecule is O=C(NC(c1ccccc1)c1c[nH]c2cc(Cl)ccc2c1=O)c1cnc(N2CCCCC2)s1. The number of rotatable bonds is 5. The molecule has 33 heavy (non-hydrogen) atoms. The fourth-order valence-electron chi connectivity index (χ4n) is 4.21. The lowest BCUT2D eigenvalue weighted by Crippen LogP contribution is -2.32. The van der Waals surface area contributed by atoms with Crippen molar-refractivity contribution in [3.63, 3.8) is 0 Å². The zero-order valence-corrected chi connectivity index (χ0v) is 19.5. The van der Waals surface area contributed by atoms with Gasteiger partial charge in [0.15, 0.2) is 10.6 Å². The van der Waals surface area contributed by atoms with Crippen molar-refractivity contribution in [2.75, 3.05) is 18.0 Å². The summed E-state index contributed by atoms with van der Waals surface area (Å²) in [6, 6.07) is 14.0. The maximum Gasteiger partial charge on any atom is 0.263 e. The molecule has 3 heterocycles.